The fourth-order valence-electron chi connectivity index (χ4n) is 11.0. The molecule has 2 bridgehead atoms. The zero-order valence-corrected chi connectivity index (χ0v) is 33.1. The number of hydrogen-bond donors (Lipinski definition) is 1. The standard InChI is InChI=1S/C55H42N2S/c1-2-10-38(11-3-1)45-12-5-8-16-52(45)56-41-23-27-43(28-24-41)57(44-29-31-49-48-14-6-9-17-53(48)58-54(49)34-44)42-25-19-37(20-26-42)39-21-30-47-46-13-4-7-15-50(46)55(51(47)33-39)35-36-18-22-40(55)32-36/h1-17,19-21,23-31,33-34,36,40,56H,18,22,32,35H2. The molecule has 2 saturated carbocycles. The Hall–Kier alpha value is -6.42. The zero-order valence-electron chi connectivity index (χ0n) is 32.2. The molecule has 1 N–H and O–H groups in total. The predicted molar refractivity (Wildman–Crippen MR) is 246 cm³/mol. The van der Waals surface area contributed by atoms with Crippen molar-refractivity contribution in [3.63, 3.8) is 0 Å². The molecule has 278 valence electrons. The molecule has 58 heavy (non-hydrogen) atoms. The Morgan fingerprint density at radius 1 is 0.483 bits per heavy atom. The Morgan fingerprint density at radius 3 is 1.97 bits per heavy atom. The van der Waals surface area contributed by atoms with Gasteiger partial charge in [-0.25, -0.2) is 0 Å². The van der Waals surface area contributed by atoms with Crippen LogP contribution in [0, 0.1) is 11.8 Å². The van der Waals surface area contributed by atoms with E-state index in [9.17, 15) is 0 Å². The average Bonchev–Trinajstić information content (AvgIpc) is 4.06. The van der Waals surface area contributed by atoms with E-state index in [-0.39, 0.29) is 5.41 Å². The summed E-state index contributed by atoms with van der Waals surface area (Å²) in [6, 6.07) is 69.6. The molecule has 8 aromatic carbocycles. The van der Waals surface area contributed by atoms with Crippen molar-refractivity contribution in [1.82, 2.24) is 0 Å². The van der Waals surface area contributed by atoms with Crippen LogP contribution in [0.1, 0.15) is 36.8 Å². The van der Waals surface area contributed by atoms with Crippen LogP contribution in [0.3, 0.4) is 0 Å². The summed E-state index contributed by atoms with van der Waals surface area (Å²) >= 11 is 1.87. The Bertz CT molecular complexity index is 3000. The van der Waals surface area contributed by atoms with Gasteiger partial charge in [0.25, 0.3) is 0 Å². The molecule has 3 aliphatic carbocycles. The molecule has 12 rings (SSSR count). The summed E-state index contributed by atoms with van der Waals surface area (Å²) < 4.78 is 2.62. The molecule has 0 radical (unpaired) electrons. The van der Waals surface area contributed by atoms with Gasteiger partial charge in [0.2, 0.25) is 0 Å². The molecule has 9 aromatic rings. The molecule has 3 aliphatic rings. The van der Waals surface area contributed by atoms with E-state index in [1.807, 2.05) is 11.3 Å². The lowest BCUT2D eigenvalue weighted by molar-refractivity contribution is 0.327. The summed E-state index contributed by atoms with van der Waals surface area (Å²) in [5.41, 5.74) is 16.7. The van der Waals surface area contributed by atoms with Gasteiger partial charge >= 0.3 is 0 Å². The van der Waals surface area contributed by atoms with Gasteiger partial charge in [-0.1, -0.05) is 128 Å². The van der Waals surface area contributed by atoms with E-state index in [0.29, 0.717) is 0 Å². The van der Waals surface area contributed by atoms with Crippen molar-refractivity contribution in [3.05, 3.63) is 199 Å². The third-order valence-electron chi connectivity index (χ3n) is 13.5. The van der Waals surface area contributed by atoms with E-state index in [4.69, 9.17) is 0 Å². The number of nitrogens with one attached hydrogen (secondary N) is 1. The van der Waals surface area contributed by atoms with E-state index in [1.54, 1.807) is 11.1 Å². The van der Waals surface area contributed by atoms with Gasteiger partial charge in [-0.2, -0.15) is 0 Å². The fraction of sp³-hybridized carbons (Fsp3) is 0.127. The Balaban J connectivity index is 0.915. The molecule has 1 aromatic heterocycles. The first-order valence-electron chi connectivity index (χ1n) is 20.8. The number of rotatable bonds is 7. The third kappa shape index (κ3) is 5.30. The third-order valence-corrected chi connectivity index (χ3v) is 14.7. The van der Waals surface area contributed by atoms with Gasteiger partial charge < -0.3 is 10.2 Å². The second kappa shape index (κ2) is 13.3. The lowest BCUT2D eigenvalue weighted by Crippen LogP contribution is -2.31. The summed E-state index contributed by atoms with van der Waals surface area (Å²) in [6.45, 7) is 0. The highest BCUT2D eigenvalue weighted by atomic mass is 32.1. The average molecular weight is 763 g/mol. The van der Waals surface area contributed by atoms with Crippen molar-refractivity contribution in [1.29, 1.82) is 0 Å². The minimum atomic E-state index is 0.178. The van der Waals surface area contributed by atoms with Gasteiger partial charge in [0.1, 0.15) is 0 Å². The highest BCUT2D eigenvalue weighted by Gasteiger charge is 2.56. The van der Waals surface area contributed by atoms with Crippen molar-refractivity contribution < 1.29 is 0 Å². The smallest absolute Gasteiger partial charge is 0.0476 e. The highest BCUT2D eigenvalue weighted by Crippen LogP contribution is 2.65. The van der Waals surface area contributed by atoms with E-state index in [2.05, 4.69) is 198 Å². The monoisotopic (exact) mass is 762 g/mol. The topological polar surface area (TPSA) is 15.3 Å². The van der Waals surface area contributed by atoms with Crippen LogP contribution in [0.25, 0.3) is 53.6 Å². The summed E-state index contributed by atoms with van der Waals surface area (Å²) in [5.74, 6) is 1.62. The lowest BCUT2D eigenvalue weighted by atomic mass is 9.66. The largest absolute Gasteiger partial charge is 0.355 e. The summed E-state index contributed by atoms with van der Waals surface area (Å²) in [4.78, 5) is 2.40. The van der Waals surface area contributed by atoms with Crippen molar-refractivity contribution in [2.75, 3.05) is 10.2 Å². The van der Waals surface area contributed by atoms with Crippen LogP contribution in [0.4, 0.5) is 28.4 Å². The van der Waals surface area contributed by atoms with Gasteiger partial charge in [0.05, 0.1) is 0 Å². The number of thiophene rings is 1. The Kier molecular flexibility index (Phi) is 7.74. The van der Waals surface area contributed by atoms with E-state index in [1.165, 1.54) is 79.2 Å². The molecular weight excluding hydrogens is 721 g/mol. The molecule has 0 amide bonds. The molecule has 3 atom stereocenters. The van der Waals surface area contributed by atoms with Crippen LogP contribution in [0.2, 0.25) is 0 Å². The van der Waals surface area contributed by atoms with Crippen LogP contribution in [-0.4, -0.2) is 0 Å². The first kappa shape index (κ1) is 33.7. The van der Waals surface area contributed by atoms with Crippen molar-refractivity contribution >= 4 is 59.9 Å². The van der Waals surface area contributed by atoms with Crippen molar-refractivity contribution in [3.8, 4) is 33.4 Å². The number of fused-ring (bicyclic) bond motifs is 11. The van der Waals surface area contributed by atoms with Gasteiger partial charge in [-0.3, -0.25) is 0 Å². The summed E-state index contributed by atoms with van der Waals surface area (Å²) in [7, 11) is 0. The molecule has 0 aliphatic heterocycles. The van der Waals surface area contributed by atoms with E-state index < -0.39 is 0 Å². The first-order valence-corrected chi connectivity index (χ1v) is 21.6. The maximum Gasteiger partial charge on any atom is 0.0476 e. The summed E-state index contributed by atoms with van der Waals surface area (Å²) in [6.07, 6.45) is 5.45. The second-order valence-electron chi connectivity index (χ2n) is 16.6. The van der Waals surface area contributed by atoms with Crippen LogP contribution < -0.4 is 10.2 Å². The van der Waals surface area contributed by atoms with Crippen molar-refractivity contribution in [2.24, 2.45) is 11.8 Å². The van der Waals surface area contributed by atoms with Gasteiger partial charge in [-0.15, -0.1) is 11.3 Å². The molecule has 2 nitrogen and oxygen atoms in total. The van der Waals surface area contributed by atoms with Crippen LogP contribution >= 0.6 is 11.3 Å². The number of nitrogens with zero attached hydrogens (tertiary/aromatic N) is 1. The molecule has 3 unspecified atom stereocenters. The van der Waals surface area contributed by atoms with Gasteiger partial charge in [0, 0.05) is 59.6 Å². The predicted octanol–water partition coefficient (Wildman–Crippen LogP) is 15.7. The van der Waals surface area contributed by atoms with E-state index >= 15 is 0 Å². The number of para-hydroxylation sites is 1. The van der Waals surface area contributed by atoms with Crippen LogP contribution in [0.15, 0.2) is 188 Å². The molecule has 2 fully saturated rings. The molecular formula is C55H42N2S. The second-order valence-corrected chi connectivity index (χ2v) is 17.7. The Labute approximate surface area is 344 Å². The fourth-order valence-corrected chi connectivity index (χ4v) is 12.1. The van der Waals surface area contributed by atoms with Gasteiger partial charge in [-0.05, 0) is 137 Å². The minimum absolute atomic E-state index is 0.178. The van der Waals surface area contributed by atoms with Crippen LogP contribution in [-0.2, 0) is 5.41 Å². The van der Waals surface area contributed by atoms with Crippen LogP contribution in [0.5, 0.6) is 0 Å². The molecule has 1 heterocycles. The molecule has 1 spiro atoms. The lowest BCUT2D eigenvalue weighted by Gasteiger charge is -2.36. The maximum absolute atomic E-state index is 3.71. The summed E-state index contributed by atoms with van der Waals surface area (Å²) in [5, 5.41) is 6.34. The number of benzene rings is 8. The first-order chi connectivity index (χ1) is 28.7. The quantitative estimate of drug-likeness (QED) is 0.174. The molecule has 3 heteroatoms. The van der Waals surface area contributed by atoms with Crippen molar-refractivity contribution in [2.45, 2.75) is 31.1 Å². The minimum Gasteiger partial charge on any atom is -0.355 e. The molecule has 0 saturated heterocycles. The normalized spacial score (nSPS) is 18.8. The number of anilines is 5. The SMILES string of the molecule is c1ccc(-c2ccccc2Nc2ccc(N(c3ccc(-c4ccc5c(c4)C4(CC6CCC4C6)c4ccccc4-5)cc3)c3ccc4c(c3)sc3ccccc34)cc2)cc1. The highest BCUT2D eigenvalue weighted by molar-refractivity contribution is 7.25. The van der Waals surface area contributed by atoms with E-state index in [0.717, 1.165) is 40.3 Å². The maximum atomic E-state index is 3.71. The van der Waals surface area contributed by atoms with Gasteiger partial charge in [0.15, 0.2) is 0 Å². The number of hydrogen-bond acceptors (Lipinski definition) is 3. The zero-order chi connectivity index (χ0) is 38.2. The Morgan fingerprint density at radius 2 is 1.16 bits per heavy atom.